The number of imidazole rings is 1. The van der Waals surface area contributed by atoms with E-state index in [9.17, 15) is 10.2 Å². The van der Waals surface area contributed by atoms with Gasteiger partial charge in [-0.15, -0.1) is 0 Å². The van der Waals surface area contributed by atoms with Crippen LogP contribution in [0.2, 0.25) is 0 Å². The van der Waals surface area contributed by atoms with Crippen molar-refractivity contribution in [3.8, 4) is 0 Å². The number of ether oxygens (including phenoxy) is 1. The molecule has 14 heteroatoms. The number of aliphatic hydroxyl groups excluding tert-OH is 3. The van der Waals surface area contributed by atoms with Crippen LogP contribution in [0.4, 0.5) is 5.82 Å². The van der Waals surface area contributed by atoms with E-state index in [1.54, 1.807) is 0 Å². The number of hydrogen-bond donors (Lipinski definition) is 5. The molecule has 3 heterocycles. The van der Waals surface area contributed by atoms with Crippen molar-refractivity contribution in [3.63, 3.8) is 0 Å². The molecule has 0 amide bonds. The Balaban J connectivity index is 0.000000368. The Morgan fingerprint density at radius 1 is 1.21 bits per heavy atom. The van der Waals surface area contributed by atoms with E-state index in [1.165, 1.54) is 17.2 Å². The summed E-state index contributed by atoms with van der Waals surface area (Å²) < 4.78 is 40.1. The molecule has 1 saturated heterocycles. The minimum absolute atomic E-state index is 0.218. The van der Waals surface area contributed by atoms with E-state index < -0.39 is 51.2 Å². The molecule has 0 spiro atoms. The third-order valence-corrected chi connectivity index (χ3v) is 3.18. The third-order valence-electron chi connectivity index (χ3n) is 3.18. The topological polar surface area (TPSA) is 229 Å². The molecule has 24 heavy (non-hydrogen) atoms. The fourth-order valence-electron chi connectivity index (χ4n) is 2.17. The molecular formula is C10H14IN5O8. The van der Waals surface area contributed by atoms with Gasteiger partial charge >= 0.3 is 20.1 Å². The molecule has 0 saturated carbocycles. The number of nitrogens with zero attached hydrogens (tertiary/aromatic N) is 4. The van der Waals surface area contributed by atoms with Gasteiger partial charge in [0, 0.05) is 3.44 Å². The van der Waals surface area contributed by atoms with Crippen LogP contribution in [0, 0.1) is 0 Å². The monoisotopic (exact) mass is 459 g/mol. The summed E-state index contributed by atoms with van der Waals surface area (Å²) in [7, 11) is 0. The smallest absolute Gasteiger partial charge is 0.368 e. The molecule has 4 atom stereocenters. The number of aromatic nitrogens is 4. The number of rotatable bonds is 2. The Bertz CT molecular complexity index is 687. The fourth-order valence-corrected chi connectivity index (χ4v) is 2.17. The van der Waals surface area contributed by atoms with Crippen molar-refractivity contribution in [1.29, 1.82) is 0 Å². The zero-order valence-corrected chi connectivity index (χ0v) is 14.0. The van der Waals surface area contributed by atoms with Gasteiger partial charge in [0.25, 0.3) is 0 Å². The summed E-state index contributed by atoms with van der Waals surface area (Å²) in [5.41, 5.74) is 6.44. The van der Waals surface area contributed by atoms with Crippen molar-refractivity contribution in [2.24, 2.45) is 0 Å². The van der Waals surface area contributed by atoms with Gasteiger partial charge in [0.05, 0.1) is 12.9 Å². The normalized spacial score (nSPS) is 27.1. The number of halogens is 1. The van der Waals surface area contributed by atoms with E-state index in [4.69, 9.17) is 29.3 Å². The molecule has 2 aromatic heterocycles. The molecule has 1 aliphatic rings. The van der Waals surface area contributed by atoms with Crippen LogP contribution in [0.15, 0.2) is 12.7 Å². The second kappa shape index (κ2) is 7.33. The molecule has 0 aliphatic carbocycles. The lowest BCUT2D eigenvalue weighted by Crippen LogP contribution is -4.23. The van der Waals surface area contributed by atoms with Crippen LogP contribution < -0.4 is 36.1 Å². The highest BCUT2D eigenvalue weighted by Crippen LogP contribution is 2.31. The summed E-state index contributed by atoms with van der Waals surface area (Å²) in [6.07, 6.45) is -1.42. The van der Waals surface area contributed by atoms with Crippen LogP contribution in [0.3, 0.4) is 0 Å². The molecular weight excluding hydrogens is 445 g/mol. The van der Waals surface area contributed by atoms with Gasteiger partial charge < -0.3 is 25.8 Å². The van der Waals surface area contributed by atoms with Crippen molar-refractivity contribution < 1.29 is 53.9 Å². The van der Waals surface area contributed by atoms with Crippen molar-refractivity contribution in [2.45, 2.75) is 24.5 Å². The van der Waals surface area contributed by atoms with Crippen LogP contribution in [0.5, 0.6) is 0 Å². The number of aliphatic hydroxyl groups is 3. The minimum atomic E-state index is -5.69. The first-order chi connectivity index (χ1) is 11.1. The third kappa shape index (κ3) is 4.23. The first-order valence-electron chi connectivity index (χ1n) is 6.32. The summed E-state index contributed by atoms with van der Waals surface area (Å²) in [5, 5.41) is 28.7. The Morgan fingerprint density at radius 3 is 2.38 bits per heavy atom. The largest absolute Gasteiger partial charge is 0.394 e. The van der Waals surface area contributed by atoms with E-state index >= 15 is 0 Å². The van der Waals surface area contributed by atoms with Crippen LogP contribution in [0.25, 0.3) is 11.2 Å². The highest BCUT2D eigenvalue weighted by molar-refractivity contribution is 5.81. The number of hydrogen-bond acceptors (Lipinski definition) is 12. The minimum Gasteiger partial charge on any atom is -0.394 e. The van der Waals surface area contributed by atoms with Gasteiger partial charge in [-0.1, -0.05) is 0 Å². The van der Waals surface area contributed by atoms with Gasteiger partial charge in [-0.05, 0) is 0 Å². The maximum Gasteiger partial charge on any atom is 0.368 e. The number of fused-ring (bicyclic) bond motifs is 1. The lowest BCUT2D eigenvalue weighted by molar-refractivity contribution is -1.92. The van der Waals surface area contributed by atoms with Gasteiger partial charge in [0.2, 0.25) is 0 Å². The summed E-state index contributed by atoms with van der Waals surface area (Å²) in [6, 6.07) is 0. The molecule has 2 aromatic rings. The van der Waals surface area contributed by atoms with Crippen LogP contribution >= 0.6 is 0 Å². The molecule has 0 aromatic carbocycles. The van der Waals surface area contributed by atoms with E-state index in [0.717, 1.165) is 0 Å². The molecule has 6 N–H and O–H groups in total. The Hall–Kier alpha value is -1.24. The van der Waals surface area contributed by atoms with E-state index in [-0.39, 0.29) is 5.82 Å². The standard InChI is InChI=1S/C10H13N5O4.HIO4/c11-8-5-9(13-2-12-8)15(3-14-5)10-7(18)6(17)4(1-16)19-10;2-1(3,4)5/h2-4,6-7,10,16-18H,1H2,(H2,11,12,13);2H/t4-,6-,7-,10-;/m1./s1. The van der Waals surface area contributed by atoms with E-state index in [1.807, 2.05) is 0 Å². The molecule has 1 fully saturated rings. The fraction of sp³-hybridized carbons (Fsp3) is 0.500. The summed E-state index contributed by atoms with van der Waals surface area (Å²) >= 11 is -5.69. The SMILES string of the molecule is Nc1ncnc2c1ncn2[C@@H]1O[C@H](CO)[C@@H](O)[C@H]1O.[O-][I+3]([O-])([O-])O. The summed E-state index contributed by atoms with van der Waals surface area (Å²) in [6.45, 7) is -0.390. The first kappa shape index (κ1) is 19.1. The van der Waals surface area contributed by atoms with Crippen molar-refractivity contribution >= 4 is 17.0 Å². The molecule has 0 unspecified atom stereocenters. The molecule has 13 nitrogen and oxygen atoms in total. The first-order valence-corrected chi connectivity index (χ1v) is 9.93. The lowest BCUT2D eigenvalue weighted by atomic mass is 10.1. The predicted molar refractivity (Wildman–Crippen MR) is 65.0 cm³/mol. The maximum atomic E-state index is 9.95. The Morgan fingerprint density at radius 2 is 1.83 bits per heavy atom. The molecule has 0 bridgehead atoms. The quantitative estimate of drug-likeness (QED) is 0.264. The van der Waals surface area contributed by atoms with Crippen LogP contribution in [0.1, 0.15) is 6.23 Å². The van der Waals surface area contributed by atoms with E-state index in [2.05, 4.69) is 15.0 Å². The zero-order chi connectivity index (χ0) is 18.1. The summed E-state index contributed by atoms with van der Waals surface area (Å²) in [4.78, 5) is 11.9. The average Bonchev–Trinajstić information content (AvgIpc) is 3.01. The highest BCUT2D eigenvalue weighted by atomic mass is 127. The van der Waals surface area contributed by atoms with Crippen molar-refractivity contribution in [1.82, 2.24) is 19.5 Å². The Labute approximate surface area is 140 Å². The van der Waals surface area contributed by atoms with Gasteiger partial charge in [-0.3, -0.25) is 14.9 Å². The number of anilines is 1. The second-order valence-corrected chi connectivity index (χ2v) is 6.97. The molecule has 134 valence electrons. The molecule has 0 radical (unpaired) electrons. The lowest BCUT2D eigenvalue weighted by Gasteiger charge is -2.16. The van der Waals surface area contributed by atoms with E-state index in [0.29, 0.717) is 11.2 Å². The Kier molecular flexibility index (Phi) is 5.83. The van der Waals surface area contributed by atoms with Gasteiger partial charge in [0.15, 0.2) is 17.7 Å². The average molecular weight is 459 g/mol. The second-order valence-electron chi connectivity index (χ2n) is 4.71. The predicted octanol–water partition coefficient (Wildman–Crippen LogP) is -9.10. The van der Waals surface area contributed by atoms with Crippen molar-refractivity contribution in [2.75, 3.05) is 12.3 Å². The maximum absolute atomic E-state index is 9.95. The zero-order valence-electron chi connectivity index (χ0n) is 11.8. The molecule has 1 aliphatic heterocycles. The van der Waals surface area contributed by atoms with Gasteiger partial charge in [-0.2, -0.15) is 0 Å². The van der Waals surface area contributed by atoms with Crippen LogP contribution in [-0.2, 0) is 4.74 Å². The number of nitrogen functional groups attached to an aromatic ring is 1. The van der Waals surface area contributed by atoms with Gasteiger partial charge in [-0.25, -0.2) is 15.0 Å². The van der Waals surface area contributed by atoms with Gasteiger partial charge in [0.1, 0.15) is 30.2 Å². The highest BCUT2D eigenvalue weighted by Gasteiger charge is 2.43. The number of nitrogens with two attached hydrogens (primary N) is 1. The van der Waals surface area contributed by atoms with Crippen LogP contribution in [-0.4, -0.2) is 63.2 Å². The molecule has 3 rings (SSSR count). The van der Waals surface area contributed by atoms with Crippen molar-refractivity contribution in [3.05, 3.63) is 12.7 Å². The summed E-state index contributed by atoms with van der Waals surface area (Å²) in [5.74, 6) is 0.218.